The predicted molar refractivity (Wildman–Crippen MR) is 74.2 cm³/mol. The second-order valence-electron chi connectivity index (χ2n) is 3.88. The van der Waals surface area contributed by atoms with E-state index in [9.17, 15) is 4.79 Å². The number of nitrogens with zero attached hydrogens (tertiary/aromatic N) is 1. The smallest absolute Gasteiger partial charge is 0.232 e. The van der Waals surface area contributed by atoms with Gasteiger partial charge in [-0.2, -0.15) is 0 Å². The van der Waals surface area contributed by atoms with Gasteiger partial charge in [-0.25, -0.2) is 0 Å². The topological polar surface area (TPSA) is 46.3 Å². The highest BCUT2D eigenvalue weighted by Crippen LogP contribution is 2.24. The quantitative estimate of drug-likeness (QED) is 0.647. The van der Waals surface area contributed by atoms with Crippen molar-refractivity contribution in [2.24, 2.45) is 0 Å². The number of amides is 1. The van der Waals surface area contributed by atoms with E-state index in [1.54, 1.807) is 11.8 Å². The number of benzene rings is 1. The van der Waals surface area contributed by atoms with Crippen LogP contribution in [0.1, 0.15) is 19.4 Å². The molecule has 1 rings (SSSR count). The number of carbonyl (C=O) groups excluding carboxylic acids is 1. The molecule has 0 aromatic heterocycles. The lowest BCUT2D eigenvalue weighted by Crippen LogP contribution is -2.31. The maximum absolute atomic E-state index is 11.8. The van der Waals surface area contributed by atoms with E-state index in [2.05, 4.69) is 0 Å². The minimum Gasteiger partial charge on any atom is -0.399 e. The van der Waals surface area contributed by atoms with Gasteiger partial charge in [-0.15, -0.1) is 11.8 Å². The lowest BCUT2D eigenvalue weighted by molar-refractivity contribution is -0.127. The number of aryl methyl sites for hydroxylation is 1. The van der Waals surface area contributed by atoms with Crippen molar-refractivity contribution < 1.29 is 4.79 Å². The molecule has 0 bridgehead atoms. The zero-order valence-electron chi connectivity index (χ0n) is 10.7. The van der Waals surface area contributed by atoms with Crippen LogP contribution in [-0.4, -0.2) is 29.6 Å². The number of nitrogens with two attached hydrogens (primary N) is 1. The van der Waals surface area contributed by atoms with Crippen LogP contribution in [0, 0.1) is 6.92 Å². The first-order valence-electron chi connectivity index (χ1n) is 5.85. The van der Waals surface area contributed by atoms with Gasteiger partial charge >= 0.3 is 0 Å². The van der Waals surface area contributed by atoms with Crippen molar-refractivity contribution in [2.45, 2.75) is 25.7 Å². The Hall–Kier alpha value is -1.16. The van der Waals surface area contributed by atoms with Gasteiger partial charge in [-0.05, 0) is 38.5 Å². The fourth-order valence-corrected chi connectivity index (χ4v) is 2.56. The van der Waals surface area contributed by atoms with Crippen LogP contribution in [0.4, 0.5) is 5.69 Å². The third kappa shape index (κ3) is 3.97. The Morgan fingerprint density at radius 3 is 2.59 bits per heavy atom. The first-order valence-corrected chi connectivity index (χ1v) is 6.83. The van der Waals surface area contributed by atoms with E-state index in [-0.39, 0.29) is 5.91 Å². The number of nitrogen functional groups attached to an aromatic ring is 1. The van der Waals surface area contributed by atoms with Gasteiger partial charge in [-0.3, -0.25) is 4.79 Å². The van der Waals surface area contributed by atoms with E-state index in [0.29, 0.717) is 5.75 Å². The number of hydrogen-bond acceptors (Lipinski definition) is 3. The summed E-state index contributed by atoms with van der Waals surface area (Å²) in [6, 6.07) is 5.79. The summed E-state index contributed by atoms with van der Waals surface area (Å²) in [6.07, 6.45) is 0. The van der Waals surface area contributed by atoms with Gasteiger partial charge < -0.3 is 10.6 Å². The van der Waals surface area contributed by atoms with Crippen molar-refractivity contribution in [1.82, 2.24) is 4.90 Å². The third-order valence-corrected chi connectivity index (χ3v) is 3.82. The summed E-state index contributed by atoms with van der Waals surface area (Å²) < 4.78 is 0. The summed E-state index contributed by atoms with van der Waals surface area (Å²) in [5.74, 6) is 0.660. The molecule has 0 spiro atoms. The van der Waals surface area contributed by atoms with Crippen molar-refractivity contribution in [1.29, 1.82) is 0 Å². The second-order valence-corrected chi connectivity index (χ2v) is 4.90. The highest BCUT2D eigenvalue weighted by molar-refractivity contribution is 8.00. The molecule has 17 heavy (non-hydrogen) atoms. The normalized spacial score (nSPS) is 10.3. The fraction of sp³-hybridized carbons (Fsp3) is 0.462. The van der Waals surface area contributed by atoms with Gasteiger partial charge in [0.25, 0.3) is 0 Å². The summed E-state index contributed by atoms with van der Waals surface area (Å²) in [6.45, 7) is 7.57. The fourth-order valence-electron chi connectivity index (χ4n) is 1.58. The van der Waals surface area contributed by atoms with Crippen LogP contribution in [0.5, 0.6) is 0 Å². The minimum absolute atomic E-state index is 0.182. The summed E-state index contributed by atoms with van der Waals surface area (Å²) >= 11 is 1.56. The lowest BCUT2D eigenvalue weighted by atomic mass is 10.2. The summed E-state index contributed by atoms with van der Waals surface area (Å²) in [5, 5.41) is 0. The number of hydrogen-bond donors (Lipinski definition) is 1. The number of thioether (sulfide) groups is 1. The highest BCUT2D eigenvalue weighted by Gasteiger charge is 2.10. The molecule has 0 radical (unpaired) electrons. The molecule has 0 unspecified atom stereocenters. The maximum Gasteiger partial charge on any atom is 0.232 e. The molecule has 2 N–H and O–H groups in total. The standard InChI is InChI=1S/C13H20N2OS/c1-4-15(5-2)13(16)9-17-12-8-11(14)7-6-10(12)3/h6-8H,4-5,9,14H2,1-3H3. The highest BCUT2D eigenvalue weighted by atomic mass is 32.2. The van der Waals surface area contributed by atoms with Crippen molar-refractivity contribution in [3.63, 3.8) is 0 Å². The molecule has 3 nitrogen and oxygen atoms in total. The second kappa shape index (κ2) is 6.55. The molecule has 1 amide bonds. The van der Waals surface area contributed by atoms with Gasteiger partial charge in [-0.1, -0.05) is 6.07 Å². The van der Waals surface area contributed by atoms with Crippen LogP contribution in [0.25, 0.3) is 0 Å². The Morgan fingerprint density at radius 1 is 1.35 bits per heavy atom. The molecule has 94 valence electrons. The molecular formula is C13H20N2OS. The molecule has 0 aliphatic carbocycles. The van der Waals surface area contributed by atoms with Crippen LogP contribution >= 0.6 is 11.8 Å². The van der Waals surface area contributed by atoms with Crippen LogP contribution in [-0.2, 0) is 4.79 Å². The Morgan fingerprint density at radius 2 is 2.00 bits per heavy atom. The summed E-state index contributed by atoms with van der Waals surface area (Å²) in [4.78, 5) is 14.8. The molecule has 0 fully saturated rings. The molecule has 1 aromatic carbocycles. The third-order valence-electron chi connectivity index (χ3n) is 2.68. The number of carbonyl (C=O) groups is 1. The largest absolute Gasteiger partial charge is 0.399 e. The van der Waals surface area contributed by atoms with E-state index in [0.717, 1.165) is 29.2 Å². The van der Waals surface area contributed by atoms with Crippen LogP contribution < -0.4 is 5.73 Å². The summed E-state index contributed by atoms with van der Waals surface area (Å²) in [7, 11) is 0. The Kier molecular flexibility index (Phi) is 5.35. The average molecular weight is 252 g/mol. The molecule has 0 heterocycles. The molecule has 4 heteroatoms. The molecule has 0 aliphatic heterocycles. The van der Waals surface area contributed by atoms with Crippen LogP contribution in [0.15, 0.2) is 23.1 Å². The first-order chi connectivity index (χ1) is 8.08. The minimum atomic E-state index is 0.182. The van der Waals surface area contributed by atoms with Gasteiger partial charge in [0.1, 0.15) is 0 Å². The lowest BCUT2D eigenvalue weighted by Gasteiger charge is -2.18. The summed E-state index contributed by atoms with van der Waals surface area (Å²) in [5.41, 5.74) is 7.64. The van der Waals surface area contributed by atoms with E-state index < -0.39 is 0 Å². The van der Waals surface area contributed by atoms with Crippen LogP contribution in [0.3, 0.4) is 0 Å². The molecule has 0 saturated carbocycles. The van der Waals surface area contributed by atoms with Crippen molar-refractivity contribution in [2.75, 3.05) is 24.6 Å². The van der Waals surface area contributed by atoms with Crippen molar-refractivity contribution >= 4 is 23.4 Å². The first kappa shape index (κ1) is 13.9. The predicted octanol–water partition coefficient (Wildman–Crippen LogP) is 2.54. The van der Waals surface area contributed by atoms with Gasteiger partial charge in [0.05, 0.1) is 5.75 Å². The zero-order chi connectivity index (χ0) is 12.8. The van der Waals surface area contributed by atoms with Gasteiger partial charge in [0.2, 0.25) is 5.91 Å². The number of rotatable bonds is 5. The average Bonchev–Trinajstić information content (AvgIpc) is 2.32. The Labute approximate surface area is 107 Å². The van der Waals surface area contributed by atoms with Crippen LogP contribution in [0.2, 0.25) is 0 Å². The Balaban J connectivity index is 2.61. The zero-order valence-corrected chi connectivity index (χ0v) is 11.5. The monoisotopic (exact) mass is 252 g/mol. The molecule has 0 atom stereocenters. The molecular weight excluding hydrogens is 232 g/mol. The SMILES string of the molecule is CCN(CC)C(=O)CSc1cc(N)ccc1C. The van der Waals surface area contributed by atoms with Gasteiger partial charge in [0.15, 0.2) is 0 Å². The van der Waals surface area contributed by atoms with E-state index in [4.69, 9.17) is 5.73 Å². The van der Waals surface area contributed by atoms with Gasteiger partial charge in [0, 0.05) is 23.7 Å². The van der Waals surface area contributed by atoms with E-state index >= 15 is 0 Å². The molecule has 1 aromatic rings. The number of anilines is 1. The Bertz CT molecular complexity index is 389. The van der Waals surface area contributed by atoms with E-state index in [1.165, 1.54) is 0 Å². The molecule has 0 saturated heterocycles. The molecule has 0 aliphatic rings. The van der Waals surface area contributed by atoms with Crippen molar-refractivity contribution in [3.8, 4) is 0 Å². The van der Waals surface area contributed by atoms with E-state index in [1.807, 2.05) is 43.9 Å². The maximum atomic E-state index is 11.8. The van der Waals surface area contributed by atoms with Crippen molar-refractivity contribution in [3.05, 3.63) is 23.8 Å².